The van der Waals surface area contributed by atoms with Gasteiger partial charge in [0, 0.05) is 12.5 Å². The molecule has 3 atom stereocenters. The monoisotopic (exact) mass is 284 g/mol. The second kappa shape index (κ2) is 9.35. The van der Waals surface area contributed by atoms with Gasteiger partial charge in [0.2, 0.25) is 0 Å². The molecule has 1 saturated carbocycles. The van der Waals surface area contributed by atoms with Crippen LogP contribution in [0, 0.1) is 11.8 Å². The second-order valence-electron chi connectivity index (χ2n) is 6.19. The maximum Gasteiger partial charge on any atom is 0.305 e. The molecule has 0 aromatic heterocycles. The Morgan fingerprint density at radius 1 is 1.40 bits per heavy atom. The fourth-order valence-electron chi connectivity index (χ4n) is 3.52. The molecule has 0 radical (unpaired) electrons. The minimum Gasteiger partial charge on any atom is -0.469 e. The number of esters is 1. The van der Waals surface area contributed by atoms with Crippen LogP contribution in [-0.2, 0) is 9.53 Å². The van der Waals surface area contributed by atoms with Crippen LogP contribution in [0.15, 0.2) is 0 Å². The summed E-state index contributed by atoms with van der Waals surface area (Å²) in [6.45, 7) is 4.00. The Balaban J connectivity index is 2.43. The molecule has 0 spiro atoms. The number of methoxy groups -OCH3 is 1. The molecule has 0 aromatic rings. The van der Waals surface area contributed by atoms with Gasteiger partial charge in [0.25, 0.3) is 0 Å². The summed E-state index contributed by atoms with van der Waals surface area (Å²) in [5.74, 6) is 1.36. The van der Waals surface area contributed by atoms with Crippen molar-refractivity contribution in [1.82, 2.24) is 4.90 Å². The van der Waals surface area contributed by atoms with Gasteiger partial charge in [-0.25, -0.2) is 0 Å². The number of nitrogens with zero attached hydrogens (tertiary/aromatic N) is 1. The van der Waals surface area contributed by atoms with Crippen LogP contribution < -0.4 is 5.73 Å². The lowest BCUT2D eigenvalue weighted by Gasteiger charge is -2.41. The molecule has 4 heteroatoms. The van der Waals surface area contributed by atoms with Crippen molar-refractivity contribution in [3.63, 3.8) is 0 Å². The average Bonchev–Trinajstić information content (AvgIpc) is 2.47. The molecule has 1 aliphatic rings. The summed E-state index contributed by atoms with van der Waals surface area (Å²) in [6.07, 6.45) is 7.86. The molecular weight excluding hydrogens is 252 g/mol. The SMILES string of the molecule is CCCC1CCC(CN)C(N(C)CCCC(=O)OC)C1. The van der Waals surface area contributed by atoms with E-state index in [4.69, 9.17) is 10.5 Å². The van der Waals surface area contributed by atoms with E-state index < -0.39 is 0 Å². The molecule has 0 saturated heterocycles. The number of hydrogen-bond donors (Lipinski definition) is 1. The number of carbonyl (C=O) groups is 1. The highest BCUT2D eigenvalue weighted by Crippen LogP contribution is 2.33. The lowest BCUT2D eigenvalue weighted by Crippen LogP contribution is -2.45. The summed E-state index contributed by atoms with van der Waals surface area (Å²) < 4.78 is 4.69. The van der Waals surface area contributed by atoms with Crippen LogP contribution in [0.4, 0.5) is 0 Å². The Hall–Kier alpha value is -0.610. The van der Waals surface area contributed by atoms with Gasteiger partial charge in [-0.2, -0.15) is 0 Å². The Bertz CT molecular complexity index is 284. The highest BCUT2D eigenvalue weighted by Gasteiger charge is 2.31. The van der Waals surface area contributed by atoms with Crippen LogP contribution in [0.2, 0.25) is 0 Å². The Morgan fingerprint density at radius 3 is 2.75 bits per heavy atom. The van der Waals surface area contributed by atoms with Gasteiger partial charge < -0.3 is 15.4 Å². The van der Waals surface area contributed by atoms with E-state index in [1.165, 1.54) is 39.2 Å². The number of rotatable bonds is 8. The predicted molar refractivity (Wildman–Crippen MR) is 82.5 cm³/mol. The van der Waals surface area contributed by atoms with E-state index in [0.29, 0.717) is 18.4 Å². The number of ether oxygens (including phenoxy) is 1. The minimum atomic E-state index is -0.110. The first-order valence-corrected chi connectivity index (χ1v) is 8.09. The van der Waals surface area contributed by atoms with Crippen molar-refractivity contribution in [2.75, 3.05) is 27.2 Å². The Morgan fingerprint density at radius 2 is 2.15 bits per heavy atom. The molecule has 4 nitrogen and oxygen atoms in total. The third kappa shape index (κ3) is 5.41. The molecule has 1 aliphatic carbocycles. The van der Waals surface area contributed by atoms with Crippen LogP contribution in [-0.4, -0.2) is 44.2 Å². The lowest BCUT2D eigenvalue weighted by atomic mass is 9.76. The van der Waals surface area contributed by atoms with E-state index in [-0.39, 0.29) is 5.97 Å². The van der Waals surface area contributed by atoms with E-state index in [0.717, 1.165) is 25.4 Å². The maximum absolute atomic E-state index is 11.2. The van der Waals surface area contributed by atoms with Gasteiger partial charge in [-0.15, -0.1) is 0 Å². The molecular formula is C16H32N2O2. The summed E-state index contributed by atoms with van der Waals surface area (Å²) in [5, 5.41) is 0. The predicted octanol–water partition coefficient (Wildman–Crippen LogP) is 2.42. The molecule has 20 heavy (non-hydrogen) atoms. The fraction of sp³-hybridized carbons (Fsp3) is 0.938. The van der Waals surface area contributed by atoms with Crippen molar-refractivity contribution < 1.29 is 9.53 Å². The molecule has 0 amide bonds. The zero-order valence-corrected chi connectivity index (χ0v) is 13.4. The van der Waals surface area contributed by atoms with Crippen molar-refractivity contribution in [2.24, 2.45) is 17.6 Å². The molecule has 118 valence electrons. The molecule has 3 unspecified atom stereocenters. The Labute approximate surface area is 124 Å². The first-order chi connectivity index (χ1) is 9.62. The summed E-state index contributed by atoms with van der Waals surface area (Å²) in [6, 6.07) is 0.586. The van der Waals surface area contributed by atoms with E-state index in [9.17, 15) is 4.79 Å². The van der Waals surface area contributed by atoms with Crippen molar-refractivity contribution in [1.29, 1.82) is 0 Å². The molecule has 0 aliphatic heterocycles. The van der Waals surface area contributed by atoms with Gasteiger partial charge >= 0.3 is 5.97 Å². The first kappa shape index (κ1) is 17.4. The van der Waals surface area contributed by atoms with Gasteiger partial charge in [0.1, 0.15) is 0 Å². The highest BCUT2D eigenvalue weighted by atomic mass is 16.5. The average molecular weight is 284 g/mol. The number of carbonyl (C=O) groups excluding carboxylic acids is 1. The van der Waals surface area contributed by atoms with Crippen LogP contribution in [0.25, 0.3) is 0 Å². The number of hydrogen-bond acceptors (Lipinski definition) is 4. The van der Waals surface area contributed by atoms with Crippen LogP contribution in [0.1, 0.15) is 51.9 Å². The highest BCUT2D eigenvalue weighted by molar-refractivity contribution is 5.69. The van der Waals surface area contributed by atoms with E-state index in [1.807, 2.05) is 0 Å². The maximum atomic E-state index is 11.2. The lowest BCUT2D eigenvalue weighted by molar-refractivity contribution is -0.140. The molecule has 0 bridgehead atoms. The van der Waals surface area contributed by atoms with Crippen LogP contribution >= 0.6 is 0 Å². The third-order valence-electron chi connectivity index (χ3n) is 4.75. The van der Waals surface area contributed by atoms with Crippen molar-refractivity contribution in [3.05, 3.63) is 0 Å². The van der Waals surface area contributed by atoms with Crippen LogP contribution in [0.5, 0.6) is 0 Å². The van der Waals surface area contributed by atoms with E-state index >= 15 is 0 Å². The van der Waals surface area contributed by atoms with Gasteiger partial charge in [-0.3, -0.25) is 4.79 Å². The smallest absolute Gasteiger partial charge is 0.305 e. The molecule has 1 rings (SSSR count). The number of nitrogens with two attached hydrogens (primary N) is 1. The summed E-state index contributed by atoms with van der Waals surface area (Å²) >= 11 is 0. The largest absolute Gasteiger partial charge is 0.469 e. The zero-order chi connectivity index (χ0) is 15.0. The Kier molecular flexibility index (Phi) is 8.15. The molecule has 1 fully saturated rings. The molecule has 0 aromatic carbocycles. The third-order valence-corrected chi connectivity index (χ3v) is 4.75. The first-order valence-electron chi connectivity index (χ1n) is 8.09. The van der Waals surface area contributed by atoms with E-state index in [1.54, 1.807) is 0 Å². The summed E-state index contributed by atoms with van der Waals surface area (Å²) in [7, 11) is 3.63. The minimum absolute atomic E-state index is 0.110. The van der Waals surface area contributed by atoms with Crippen molar-refractivity contribution >= 4 is 5.97 Å². The van der Waals surface area contributed by atoms with Crippen LogP contribution in [0.3, 0.4) is 0 Å². The summed E-state index contributed by atoms with van der Waals surface area (Å²) in [4.78, 5) is 13.6. The van der Waals surface area contributed by atoms with Gasteiger partial charge in [0.15, 0.2) is 0 Å². The second-order valence-corrected chi connectivity index (χ2v) is 6.19. The van der Waals surface area contributed by atoms with Crippen molar-refractivity contribution in [2.45, 2.75) is 57.9 Å². The van der Waals surface area contributed by atoms with Gasteiger partial charge in [0.05, 0.1) is 7.11 Å². The van der Waals surface area contributed by atoms with Crippen molar-refractivity contribution in [3.8, 4) is 0 Å². The zero-order valence-electron chi connectivity index (χ0n) is 13.4. The quantitative estimate of drug-likeness (QED) is 0.695. The standard InChI is InChI=1S/C16H32N2O2/c1-4-6-13-8-9-14(12-17)15(11-13)18(2)10-5-7-16(19)20-3/h13-15H,4-12,17H2,1-3H3. The van der Waals surface area contributed by atoms with Gasteiger partial charge in [-0.1, -0.05) is 26.2 Å². The van der Waals surface area contributed by atoms with E-state index in [2.05, 4.69) is 18.9 Å². The fourth-order valence-corrected chi connectivity index (χ4v) is 3.52. The topological polar surface area (TPSA) is 55.6 Å². The normalized spacial score (nSPS) is 26.8. The summed E-state index contributed by atoms with van der Waals surface area (Å²) in [5.41, 5.74) is 5.95. The molecule has 2 N–H and O–H groups in total. The molecule has 0 heterocycles. The van der Waals surface area contributed by atoms with Gasteiger partial charge in [-0.05, 0) is 51.2 Å².